The Morgan fingerprint density at radius 1 is 1.15 bits per heavy atom. The van der Waals surface area contributed by atoms with Gasteiger partial charge in [-0.1, -0.05) is 12.7 Å². The third-order valence-electron chi connectivity index (χ3n) is 4.29. The zero-order valence-corrected chi connectivity index (χ0v) is 22.7. The number of rotatable bonds is 9. The third kappa shape index (κ3) is 6.73. The maximum Gasteiger partial charge on any atom is 0.294 e. The second-order valence-electron chi connectivity index (χ2n) is 6.69. The Morgan fingerprint density at radius 3 is 2.42 bits per heavy atom. The van der Waals surface area contributed by atoms with Crippen LogP contribution in [0.5, 0.6) is 11.5 Å². The molecule has 2 aromatic carbocycles. The highest BCUT2D eigenvalue weighted by atomic mass is 127. The number of hydrogen-bond acceptors (Lipinski definition) is 6. The average Bonchev–Trinajstić information content (AvgIpc) is 3.02. The van der Waals surface area contributed by atoms with E-state index in [1.165, 1.54) is 0 Å². The zero-order chi connectivity index (χ0) is 24.0. The molecule has 0 aliphatic carbocycles. The van der Waals surface area contributed by atoms with E-state index in [1.54, 1.807) is 36.4 Å². The number of amides is 3. The fourth-order valence-electron chi connectivity index (χ4n) is 2.88. The van der Waals surface area contributed by atoms with E-state index in [2.05, 4.69) is 57.1 Å². The molecule has 1 N–H and O–H groups in total. The van der Waals surface area contributed by atoms with Crippen molar-refractivity contribution in [1.29, 1.82) is 0 Å². The summed E-state index contributed by atoms with van der Waals surface area (Å²) in [6.07, 6.45) is 3.32. The smallest absolute Gasteiger partial charge is 0.294 e. The van der Waals surface area contributed by atoms with Crippen molar-refractivity contribution in [3.05, 3.63) is 66.7 Å². The molecule has 1 aliphatic heterocycles. The summed E-state index contributed by atoms with van der Waals surface area (Å²) in [5.41, 5.74) is 1.31. The second kappa shape index (κ2) is 11.9. The number of anilines is 1. The van der Waals surface area contributed by atoms with Crippen molar-refractivity contribution >= 4 is 85.8 Å². The Balaban J connectivity index is 1.68. The van der Waals surface area contributed by atoms with Crippen molar-refractivity contribution in [2.75, 3.05) is 25.1 Å². The molecule has 1 fully saturated rings. The minimum atomic E-state index is -0.496. The van der Waals surface area contributed by atoms with Crippen molar-refractivity contribution < 1.29 is 23.9 Å². The lowest BCUT2D eigenvalue weighted by Crippen LogP contribution is -2.36. The molecular formula is C23H20I2N2O5S. The number of benzene rings is 2. The molecule has 0 spiro atoms. The minimum Gasteiger partial charge on any atom is -0.494 e. The SMILES string of the molecule is C=CCOc1c(I)cc(/C=C2/SC(=O)N(CC(=O)Nc3ccc(OCC)cc3)C2=O)cc1I. The molecule has 3 amide bonds. The molecule has 0 unspecified atom stereocenters. The van der Waals surface area contributed by atoms with Gasteiger partial charge in [0.25, 0.3) is 11.1 Å². The number of nitrogens with zero attached hydrogens (tertiary/aromatic N) is 1. The number of ether oxygens (including phenoxy) is 2. The molecule has 3 rings (SSSR count). The van der Waals surface area contributed by atoms with Gasteiger partial charge in [0, 0.05) is 5.69 Å². The Labute approximate surface area is 223 Å². The van der Waals surface area contributed by atoms with Crippen molar-refractivity contribution in [1.82, 2.24) is 4.90 Å². The third-order valence-corrected chi connectivity index (χ3v) is 6.80. The molecule has 2 aromatic rings. The minimum absolute atomic E-state index is 0.264. The van der Waals surface area contributed by atoms with Gasteiger partial charge in [0.1, 0.15) is 24.7 Å². The van der Waals surface area contributed by atoms with Gasteiger partial charge in [-0.3, -0.25) is 19.3 Å². The van der Waals surface area contributed by atoms with Crippen LogP contribution in [0.4, 0.5) is 10.5 Å². The van der Waals surface area contributed by atoms with E-state index < -0.39 is 17.1 Å². The summed E-state index contributed by atoms with van der Waals surface area (Å²) in [5.74, 6) is 0.475. The van der Waals surface area contributed by atoms with Crippen LogP contribution in [0.3, 0.4) is 0 Å². The lowest BCUT2D eigenvalue weighted by molar-refractivity contribution is -0.127. The first-order valence-electron chi connectivity index (χ1n) is 9.83. The first kappa shape index (κ1) is 25.6. The number of carbonyl (C=O) groups excluding carboxylic acids is 3. The molecule has 0 aromatic heterocycles. The number of thioether (sulfide) groups is 1. The van der Waals surface area contributed by atoms with Crippen LogP contribution in [0.2, 0.25) is 0 Å². The lowest BCUT2D eigenvalue weighted by Gasteiger charge is -2.13. The first-order valence-corrected chi connectivity index (χ1v) is 12.8. The van der Waals surface area contributed by atoms with Crippen LogP contribution in [0.15, 0.2) is 54.0 Å². The summed E-state index contributed by atoms with van der Waals surface area (Å²) in [5, 5.41) is 2.21. The average molecular weight is 690 g/mol. The van der Waals surface area contributed by atoms with E-state index in [1.807, 2.05) is 19.1 Å². The molecule has 172 valence electrons. The number of nitrogens with one attached hydrogen (secondary N) is 1. The fourth-order valence-corrected chi connectivity index (χ4v) is 5.84. The zero-order valence-electron chi connectivity index (χ0n) is 17.6. The van der Waals surface area contributed by atoms with Crippen molar-refractivity contribution in [2.24, 2.45) is 0 Å². The Bertz CT molecular complexity index is 1100. The van der Waals surface area contributed by atoms with Crippen molar-refractivity contribution in [3.63, 3.8) is 0 Å². The van der Waals surface area contributed by atoms with Crippen molar-refractivity contribution in [3.8, 4) is 11.5 Å². The molecule has 10 heteroatoms. The van der Waals surface area contributed by atoms with Gasteiger partial charge >= 0.3 is 0 Å². The van der Waals surface area contributed by atoms with E-state index in [-0.39, 0.29) is 11.4 Å². The molecule has 0 radical (unpaired) electrons. The number of halogens is 2. The van der Waals surface area contributed by atoms with Crippen LogP contribution < -0.4 is 14.8 Å². The maximum atomic E-state index is 12.8. The number of carbonyl (C=O) groups is 3. The molecule has 0 saturated carbocycles. The summed E-state index contributed by atoms with van der Waals surface area (Å²) in [7, 11) is 0. The molecule has 33 heavy (non-hydrogen) atoms. The predicted octanol–water partition coefficient (Wildman–Crippen LogP) is 5.53. The Hall–Kier alpha value is -2.06. The molecule has 1 aliphatic rings. The van der Waals surface area contributed by atoms with Crippen LogP contribution in [0, 0.1) is 7.14 Å². The quantitative estimate of drug-likeness (QED) is 0.212. The van der Waals surface area contributed by atoms with E-state index in [0.717, 1.165) is 35.1 Å². The monoisotopic (exact) mass is 690 g/mol. The largest absolute Gasteiger partial charge is 0.494 e. The standard InChI is InChI=1S/C23H20I2N2O5S/c1-3-9-32-21-17(24)10-14(11-18(21)25)12-19-22(29)27(23(30)33-19)13-20(28)26-15-5-7-16(8-6-15)31-4-2/h3,5-8,10-12H,1,4,9,13H2,2H3,(H,26,28)/b19-12+. The topological polar surface area (TPSA) is 84.9 Å². The van der Waals surface area contributed by atoms with Gasteiger partial charge < -0.3 is 14.8 Å². The fraction of sp³-hybridized carbons (Fsp3) is 0.174. The van der Waals surface area contributed by atoms with Gasteiger partial charge in [-0.05, 0) is 112 Å². The van der Waals surface area contributed by atoms with Gasteiger partial charge in [0.05, 0.1) is 18.7 Å². The van der Waals surface area contributed by atoms with Gasteiger partial charge in [-0.2, -0.15) is 0 Å². The van der Waals surface area contributed by atoms with E-state index in [4.69, 9.17) is 9.47 Å². The second-order valence-corrected chi connectivity index (χ2v) is 10.0. The maximum absolute atomic E-state index is 12.8. The van der Waals surface area contributed by atoms with Gasteiger partial charge in [-0.15, -0.1) is 0 Å². The highest BCUT2D eigenvalue weighted by Gasteiger charge is 2.36. The predicted molar refractivity (Wildman–Crippen MR) is 146 cm³/mol. The molecule has 1 saturated heterocycles. The summed E-state index contributed by atoms with van der Waals surface area (Å²) in [4.78, 5) is 38.8. The van der Waals surface area contributed by atoms with E-state index in [0.29, 0.717) is 24.7 Å². The van der Waals surface area contributed by atoms with Gasteiger partial charge in [0.15, 0.2) is 0 Å². The Morgan fingerprint density at radius 2 is 1.82 bits per heavy atom. The van der Waals surface area contributed by atoms with Crippen LogP contribution in [0.1, 0.15) is 12.5 Å². The van der Waals surface area contributed by atoms with Crippen LogP contribution in [-0.2, 0) is 9.59 Å². The van der Waals surface area contributed by atoms with Crippen molar-refractivity contribution in [2.45, 2.75) is 6.92 Å². The number of hydrogen-bond donors (Lipinski definition) is 1. The summed E-state index contributed by atoms with van der Waals surface area (Å²) >= 11 is 5.14. The molecular weight excluding hydrogens is 670 g/mol. The molecule has 0 bridgehead atoms. The molecule has 7 nitrogen and oxygen atoms in total. The van der Waals surface area contributed by atoms with Crippen LogP contribution in [0.25, 0.3) is 6.08 Å². The first-order chi connectivity index (χ1) is 15.8. The number of imide groups is 1. The normalized spacial score (nSPS) is 14.5. The van der Waals surface area contributed by atoms with E-state index in [9.17, 15) is 14.4 Å². The summed E-state index contributed by atoms with van der Waals surface area (Å²) < 4.78 is 12.8. The van der Waals surface area contributed by atoms with Crippen LogP contribution >= 0.6 is 56.9 Å². The Kier molecular flexibility index (Phi) is 9.20. The molecule has 1 heterocycles. The van der Waals surface area contributed by atoms with Crippen LogP contribution in [-0.4, -0.2) is 41.7 Å². The summed E-state index contributed by atoms with van der Waals surface area (Å²) in [6, 6.07) is 10.6. The van der Waals surface area contributed by atoms with Gasteiger partial charge in [-0.25, -0.2) is 0 Å². The lowest BCUT2D eigenvalue weighted by atomic mass is 10.2. The van der Waals surface area contributed by atoms with Gasteiger partial charge in [0.2, 0.25) is 5.91 Å². The van der Waals surface area contributed by atoms with E-state index >= 15 is 0 Å². The highest BCUT2D eigenvalue weighted by Crippen LogP contribution is 2.34. The summed E-state index contributed by atoms with van der Waals surface area (Å²) in [6.45, 7) is 6.11. The highest BCUT2D eigenvalue weighted by molar-refractivity contribution is 14.1. The molecule has 0 atom stereocenters.